The van der Waals surface area contributed by atoms with Gasteiger partial charge in [-0.1, -0.05) is 26.0 Å². The van der Waals surface area contributed by atoms with Gasteiger partial charge < -0.3 is 9.47 Å². The molecule has 0 fully saturated rings. The maximum atomic E-state index is 10.4. The molecule has 0 spiro atoms. The Morgan fingerprint density at radius 2 is 1.81 bits per heavy atom. The number of carbonyl (C=O) groups is 1. The van der Waals surface area contributed by atoms with E-state index in [1.54, 1.807) is 12.1 Å². The standard InChI is InChI=1S/C10H11ClO3.C2H6/c1-2-13-7-8-3-5-9(6-4-8)14-10(11)12;1-2/h3-6H,2,7H2,1H3;1-2H3. The second kappa shape index (κ2) is 9.19. The first-order valence-corrected chi connectivity index (χ1v) is 5.64. The van der Waals surface area contributed by atoms with Crippen molar-refractivity contribution in [1.29, 1.82) is 0 Å². The summed E-state index contributed by atoms with van der Waals surface area (Å²) in [5.41, 5.74) is 0.198. The van der Waals surface area contributed by atoms with Crippen LogP contribution in [0.2, 0.25) is 0 Å². The van der Waals surface area contributed by atoms with E-state index in [4.69, 9.17) is 16.3 Å². The number of halogens is 1. The molecule has 0 atom stereocenters. The molecule has 0 N–H and O–H groups in total. The molecule has 0 radical (unpaired) electrons. The van der Waals surface area contributed by atoms with Crippen molar-refractivity contribution in [3.05, 3.63) is 29.8 Å². The monoisotopic (exact) mass is 244 g/mol. The van der Waals surface area contributed by atoms with E-state index >= 15 is 0 Å². The Hall–Kier alpha value is -1.06. The fourth-order valence-electron chi connectivity index (χ4n) is 0.966. The summed E-state index contributed by atoms with van der Waals surface area (Å²) in [6.07, 6.45) is 0. The lowest BCUT2D eigenvalue weighted by Gasteiger charge is -2.03. The van der Waals surface area contributed by atoms with Crippen molar-refractivity contribution < 1.29 is 14.3 Å². The van der Waals surface area contributed by atoms with E-state index in [1.807, 2.05) is 32.9 Å². The molecule has 16 heavy (non-hydrogen) atoms. The van der Waals surface area contributed by atoms with E-state index in [9.17, 15) is 4.79 Å². The number of hydrogen-bond acceptors (Lipinski definition) is 3. The Morgan fingerprint density at radius 1 is 1.25 bits per heavy atom. The lowest BCUT2D eigenvalue weighted by atomic mass is 10.2. The Labute approximate surface area is 101 Å². The van der Waals surface area contributed by atoms with Crippen LogP contribution in [0.4, 0.5) is 4.79 Å². The minimum atomic E-state index is -0.831. The Bertz CT molecular complexity index is 296. The molecular weight excluding hydrogens is 228 g/mol. The lowest BCUT2D eigenvalue weighted by Crippen LogP contribution is -1.96. The summed E-state index contributed by atoms with van der Waals surface area (Å²) in [5.74, 6) is 0.435. The maximum absolute atomic E-state index is 10.4. The SMILES string of the molecule is CC.CCOCc1ccc(OC(=O)Cl)cc1. The molecule has 0 aliphatic rings. The first-order chi connectivity index (χ1) is 7.72. The van der Waals surface area contributed by atoms with Gasteiger partial charge in [0, 0.05) is 18.2 Å². The molecule has 0 saturated heterocycles. The molecule has 1 rings (SSSR count). The van der Waals surface area contributed by atoms with Crippen molar-refractivity contribution in [2.75, 3.05) is 6.61 Å². The number of ether oxygens (including phenoxy) is 2. The first-order valence-electron chi connectivity index (χ1n) is 5.26. The van der Waals surface area contributed by atoms with Crippen LogP contribution in [0.15, 0.2) is 24.3 Å². The molecule has 0 unspecified atom stereocenters. The zero-order chi connectivity index (χ0) is 12.4. The second-order valence-electron chi connectivity index (χ2n) is 2.62. The van der Waals surface area contributed by atoms with Gasteiger partial charge in [0.05, 0.1) is 6.61 Å². The predicted molar refractivity (Wildman–Crippen MR) is 65.0 cm³/mol. The molecule has 90 valence electrons. The largest absolute Gasteiger partial charge is 0.415 e. The fourth-order valence-corrected chi connectivity index (χ4v) is 1.06. The van der Waals surface area contributed by atoms with Gasteiger partial charge in [-0.05, 0) is 24.6 Å². The average molecular weight is 245 g/mol. The van der Waals surface area contributed by atoms with Crippen LogP contribution in [-0.4, -0.2) is 12.0 Å². The maximum Gasteiger partial charge on any atom is 0.409 e. The van der Waals surface area contributed by atoms with Crippen LogP contribution in [0.25, 0.3) is 0 Å². The summed E-state index contributed by atoms with van der Waals surface area (Å²) < 4.78 is 9.87. The van der Waals surface area contributed by atoms with Crippen molar-refractivity contribution in [3.63, 3.8) is 0 Å². The molecular formula is C12H17ClO3. The number of hydrogen-bond donors (Lipinski definition) is 0. The molecule has 0 bridgehead atoms. The fraction of sp³-hybridized carbons (Fsp3) is 0.417. The smallest absolute Gasteiger partial charge is 0.409 e. The molecule has 3 nitrogen and oxygen atoms in total. The Morgan fingerprint density at radius 3 is 2.25 bits per heavy atom. The highest BCUT2D eigenvalue weighted by atomic mass is 35.5. The number of benzene rings is 1. The zero-order valence-corrected chi connectivity index (χ0v) is 10.6. The van der Waals surface area contributed by atoms with Gasteiger partial charge in [0.2, 0.25) is 0 Å². The third-order valence-electron chi connectivity index (χ3n) is 1.59. The minimum absolute atomic E-state index is 0.435. The summed E-state index contributed by atoms with van der Waals surface area (Å²) in [6.45, 7) is 7.17. The molecule has 0 saturated carbocycles. The van der Waals surface area contributed by atoms with Gasteiger partial charge in [-0.3, -0.25) is 0 Å². The third-order valence-corrected chi connectivity index (χ3v) is 1.67. The molecule has 0 aromatic heterocycles. The molecule has 0 aliphatic heterocycles. The van der Waals surface area contributed by atoms with Crippen molar-refractivity contribution in [3.8, 4) is 5.75 Å². The summed E-state index contributed by atoms with van der Waals surface area (Å²) >= 11 is 5.05. The van der Waals surface area contributed by atoms with Gasteiger partial charge in [-0.25, -0.2) is 4.79 Å². The van der Waals surface area contributed by atoms with Gasteiger partial charge in [-0.15, -0.1) is 0 Å². The normalized spacial score (nSPS) is 9.00. The van der Waals surface area contributed by atoms with Gasteiger partial charge in [0.25, 0.3) is 0 Å². The van der Waals surface area contributed by atoms with Gasteiger partial charge in [-0.2, -0.15) is 0 Å². The molecule has 1 aromatic carbocycles. The molecule has 0 aliphatic carbocycles. The van der Waals surface area contributed by atoms with Crippen molar-refractivity contribution in [2.24, 2.45) is 0 Å². The van der Waals surface area contributed by atoms with Crippen molar-refractivity contribution in [1.82, 2.24) is 0 Å². The second-order valence-corrected chi connectivity index (χ2v) is 2.93. The van der Waals surface area contributed by atoms with Crippen molar-refractivity contribution >= 4 is 17.0 Å². The molecule has 1 aromatic rings. The topological polar surface area (TPSA) is 35.5 Å². The third kappa shape index (κ3) is 6.43. The van der Waals surface area contributed by atoms with Crippen LogP contribution in [0.1, 0.15) is 26.3 Å². The highest BCUT2D eigenvalue weighted by molar-refractivity contribution is 6.61. The van der Waals surface area contributed by atoms with E-state index in [-0.39, 0.29) is 0 Å². The lowest BCUT2D eigenvalue weighted by molar-refractivity contribution is 0.134. The highest BCUT2D eigenvalue weighted by Gasteiger charge is 1.99. The molecule has 4 heteroatoms. The average Bonchev–Trinajstić information content (AvgIpc) is 2.30. The quantitative estimate of drug-likeness (QED) is 0.752. The van der Waals surface area contributed by atoms with Gasteiger partial charge >= 0.3 is 5.43 Å². The van der Waals surface area contributed by atoms with Crippen LogP contribution < -0.4 is 4.74 Å². The van der Waals surface area contributed by atoms with Crippen LogP contribution in [0.5, 0.6) is 5.75 Å². The van der Waals surface area contributed by atoms with E-state index in [0.717, 1.165) is 5.56 Å². The Kier molecular flexibility index (Phi) is 8.58. The van der Waals surface area contributed by atoms with Crippen LogP contribution in [0, 0.1) is 0 Å². The Balaban J connectivity index is 0.00000106. The van der Waals surface area contributed by atoms with Crippen LogP contribution >= 0.6 is 11.6 Å². The van der Waals surface area contributed by atoms with Gasteiger partial charge in [0.1, 0.15) is 5.75 Å². The number of carbonyl (C=O) groups excluding carboxylic acids is 1. The minimum Gasteiger partial charge on any atom is -0.415 e. The predicted octanol–water partition coefficient (Wildman–Crippen LogP) is 3.99. The highest BCUT2D eigenvalue weighted by Crippen LogP contribution is 2.13. The van der Waals surface area contributed by atoms with Crippen LogP contribution in [-0.2, 0) is 11.3 Å². The van der Waals surface area contributed by atoms with E-state index in [1.165, 1.54) is 0 Å². The summed E-state index contributed by atoms with van der Waals surface area (Å²) in [6, 6.07) is 7.00. The van der Waals surface area contributed by atoms with E-state index < -0.39 is 5.43 Å². The summed E-state index contributed by atoms with van der Waals surface area (Å²) in [4.78, 5) is 10.4. The summed E-state index contributed by atoms with van der Waals surface area (Å²) in [5, 5.41) is 0. The number of rotatable bonds is 4. The van der Waals surface area contributed by atoms with E-state index in [0.29, 0.717) is 19.0 Å². The molecule has 0 heterocycles. The summed E-state index contributed by atoms with van der Waals surface area (Å²) in [7, 11) is 0. The van der Waals surface area contributed by atoms with Gasteiger partial charge in [0.15, 0.2) is 0 Å². The van der Waals surface area contributed by atoms with Crippen LogP contribution in [0.3, 0.4) is 0 Å². The van der Waals surface area contributed by atoms with Crippen molar-refractivity contribution in [2.45, 2.75) is 27.4 Å². The molecule has 0 amide bonds. The first kappa shape index (κ1) is 14.9. The zero-order valence-electron chi connectivity index (χ0n) is 9.83. The van der Waals surface area contributed by atoms with E-state index in [2.05, 4.69) is 4.74 Å².